The molecule has 0 aromatic heterocycles. The zero-order valence-electron chi connectivity index (χ0n) is 27.5. The first-order valence-electron chi connectivity index (χ1n) is 14.4. The Morgan fingerprint density at radius 1 is 0.764 bits per heavy atom. The zero-order valence-corrected chi connectivity index (χ0v) is 33.2. The fourth-order valence-corrected chi connectivity index (χ4v) is 10.6. The highest BCUT2D eigenvalue weighted by molar-refractivity contribution is 8.70. The number of aromatic hydroxyl groups is 1. The number of nitrogen functional groups attached to an aromatic ring is 1. The van der Waals surface area contributed by atoms with Crippen LogP contribution >= 0.6 is 10.8 Å². The summed E-state index contributed by atoms with van der Waals surface area (Å²) in [6.45, 7) is -0.644. The van der Waals surface area contributed by atoms with Crippen molar-refractivity contribution in [2.24, 2.45) is 20.5 Å². The van der Waals surface area contributed by atoms with Gasteiger partial charge in [0.25, 0.3) is 20.2 Å². The summed E-state index contributed by atoms with van der Waals surface area (Å²) < 4.78 is 166. The van der Waals surface area contributed by atoms with Crippen molar-refractivity contribution in [1.29, 1.82) is 0 Å². The van der Waals surface area contributed by atoms with Gasteiger partial charge in [-0.1, -0.05) is 0 Å². The number of phenols is 1. The topological polar surface area (TPSA) is 356 Å². The molecule has 0 amide bonds. The van der Waals surface area contributed by atoms with Crippen LogP contribution in [0.4, 0.5) is 28.4 Å². The lowest BCUT2D eigenvalue weighted by atomic mass is 10.1. The Balaban J connectivity index is 1.72. The molecule has 5 N–H and O–H groups in total. The SMILES string of the molecule is CS(=O)(=O)OCCS(=O)(=O)c1ccc(N=Nc2c(S(=O)(=O)O)cc3cc(S(=O)[O-])c(N=Nc4ccc(S(=O)(=O)CCSS(=O)(=O)O)cc4)c(O)c3c2N)cc1. The van der Waals surface area contributed by atoms with Crippen LogP contribution < -0.4 is 5.73 Å². The Morgan fingerprint density at radius 2 is 1.25 bits per heavy atom. The normalized spacial score (nSPS) is 13.9. The third-order valence-corrected chi connectivity index (χ3v) is 14.8. The van der Waals surface area contributed by atoms with Crippen molar-refractivity contribution in [1.82, 2.24) is 0 Å². The van der Waals surface area contributed by atoms with E-state index in [0.29, 0.717) is 0 Å². The van der Waals surface area contributed by atoms with E-state index >= 15 is 0 Å². The highest BCUT2D eigenvalue weighted by Crippen LogP contribution is 2.48. The summed E-state index contributed by atoms with van der Waals surface area (Å²) >= 11 is -3.15. The molecular weight excluding hydrogens is 875 g/mol. The van der Waals surface area contributed by atoms with Crippen molar-refractivity contribution in [3.8, 4) is 5.75 Å². The van der Waals surface area contributed by atoms with Crippen LogP contribution in [0.15, 0.2) is 101 Å². The van der Waals surface area contributed by atoms with Gasteiger partial charge in [-0.05, 0) is 87.9 Å². The van der Waals surface area contributed by atoms with Crippen molar-refractivity contribution in [3.63, 3.8) is 0 Å². The standard InChI is InChI=1S/C27H27N5O16S7/c1-51(36,37)48-10-12-52(38,39)19-6-2-18(3-7-19)30-32-26-22(54(42,43)44)15-16-14-21(50(34)35)25(27(33)23(16)24(26)28)31-29-17-4-8-20(9-5-17)53(40,41)13-11-49-55(45,46)47/h2-9,14-15,33H,10-13,28H2,1H3,(H,34,35)(H,42,43,44)(H,45,46,47)/p-1. The van der Waals surface area contributed by atoms with Gasteiger partial charge in [-0.25, -0.2) is 16.8 Å². The van der Waals surface area contributed by atoms with Crippen molar-refractivity contribution >= 4 is 110 Å². The smallest absolute Gasteiger partial charge is 0.319 e. The molecule has 55 heavy (non-hydrogen) atoms. The molecule has 4 aromatic rings. The van der Waals surface area contributed by atoms with E-state index < -0.39 is 122 Å². The van der Waals surface area contributed by atoms with E-state index in [1.807, 2.05) is 0 Å². The van der Waals surface area contributed by atoms with Gasteiger partial charge in [-0.3, -0.25) is 17.5 Å². The molecule has 0 saturated carbocycles. The average Bonchev–Trinajstić information content (AvgIpc) is 3.05. The van der Waals surface area contributed by atoms with E-state index in [-0.39, 0.29) is 37.3 Å². The van der Waals surface area contributed by atoms with Gasteiger partial charge in [0, 0.05) is 5.75 Å². The van der Waals surface area contributed by atoms with E-state index in [0.717, 1.165) is 66.9 Å². The van der Waals surface area contributed by atoms with Crippen molar-refractivity contribution in [2.75, 3.05) is 35.9 Å². The maximum Gasteiger partial charge on any atom is 0.319 e. The molecule has 0 saturated heterocycles. The number of azo groups is 2. The number of rotatable bonds is 16. The Hall–Kier alpha value is -3.97. The lowest BCUT2D eigenvalue weighted by molar-refractivity contribution is 0.343. The summed E-state index contributed by atoms with van der Waals surface area (Å²) in [4.78, 5) is -2.18. The number of phenolic OH excluding ortho intramolecular Hbond substituents is 1. The average molecular weight is 901 g/mol. The van der Waals surface area contributed by atoms with Crippen LogP contribution in [0.1, 0.15) is 0 Å². The second-order valence-corrected chi connectivity index (χ2v) is 22.4. The van der Waals surface area contributed by atoms with E-state index in [4.69, 9.17) is 10.3 Å². The number of nitrogens with zero attached hydrogens (tertiary/aromatic N) is 4. The molecule has 4 rings (SSSR count). The second-order valence-electron chi connectivity index (χ2n) is 10.8. The minimum absolute atomic E-state index is 0.0223. The molecule has 1 unspecified atom stereocenters. The van der Waals surface area contributed by atoms with Crippen molar-refractivity contribution in [2.45, 2.75) is 19.6 Å². The van der Waals surface area contributed by atoms with Gasteiger partial charge in [0.2, 0.25) is 0 Å². The largest absolute Gasteiger partial charge is 0.768 e. The predicted molar refractivity (Wildman–Crippen MR) is 197 cm³/mol. The number of nitrogens with two attached hydrogens (primary N) is 1. The molecular formula is C27H26N5O16S7-. The molecule has 298 valence electrons. The molecule has 0 spiro atoms. The highest BCUT2D eigenvalue weighted by atomic mass is 33.1. The Labute approximate surface area is 319 Å². The van der Waals surface area contributed by atoms with Crippen molar-refractivity contribution in [3.05, 3.63) is 60.7 Å². The lowest BCUT2D eigenvalue weighted by Gasteiger charge is -2.16. The van der Waals surface area contributed by atoms with Gasteiger partial charge < -0.3 is 15.4 Å². The first kappa shape index (κ1) is 43.8. The van der Waals surface area contributed by atoms with Gasteiger partial charge >= 0.3 is 9.15 Å². The monoisotopic (exact) mass is 900 g/mol. The molecule has 0 bridgehead atoms. The molecule has 0 aliphatic rings. The van der Waals surface area contributed by atoms with Gasteiger partial charge in [0.05, 0.1) is 61.5 Å². The van der Waals surface area contributed by atoms with Gasteiger partial charge in [0.1, 0.15) is 16.3 Å². The van der Waals surface area contributed by atoms with Crippen LogP contribution in [0.3, 0.4) is 0 Å². The summed E-state index contributed by atoms with van der Waals surface area (Å²) in [6.07, 6.45) is 0.749. The van der Waals surface area contributed by atoms with E-state index in [1.54, 1.807) is 0 Å². The van der Waals surface area contributed by atoms with Gasteiger partial charge in [0.15, 0.2) is 25.4 Å². The quantitative estimate of drug-likeness (QED) is 0.0312. The molecule has 21 nitrogen and oxygen atoms in total. The number of hydrogen-bond donors (Lipinski definition) is 4. The predicted octanol–water partition coefficient (Wildman–Crippen LogP) is 3.50. The Bertz CT molecular complexity index is 2800. The van der Waals surface area contributed by atoms with Crippen LogP contribution in [-0.2, 0) is 64.3 Å². The first-order chi connectivity index (χ1) is 25.3. The molecule has 1 atom stereocenters. The van der Waals surface area contributed by atoms with E-state index in [2.05, 4.69) is 24.6 Å². The van der Waals surface area contributed by atoms with Crippen molar-refractivity contribution < 1.29 is 69.2 Å². The number of benzene rings is 4. The molecule has 0 aliphatic heterocycles. The molecule has 0 aliphatic carbocycles. The number of fused-ring (bicyclic) bond motifs is 1. The van der Waals surface area contributed by atoms with Crippen LogP contribution in [0.5, 0.6) is 5.75 Å². The van der Waals surface area contributed by atoms with Gasteiger partial charge in [-0.15, -0.1) is 10.2 Å². The summed E-state index contributed by atoms with van der Waals surface area (Å²) in [6, 6.07) is 10.6. The summed E-state index contributed by atoms with van der Waals surface area (Å²) in [5.41, 5.74) is 4.00. The summed E-state index contributed by atoms with van der Waals surface area (Å²) in [5.74, 6) is -2.74. The lowest BCUT2D eigenvalue weighted by Crippen LogP contribution is -2.15. The molecule has 0 heterocycles. The molecule has 0 fully saturated rings. The maximum absolute atomic E-state index is 12.5. The van der Waals surface area contributed by atoms with Crippen LogP contribution in [0.2, 0.25) is 0 Å². The third kappa shape index (κ3) is 11.5. The number of sulfone groups is 2. The first-order valence-corrected chi connectivity index (χ1v) is 25.0. The fraction of sp³-hybridized carbons (Fsp3) is 0.185. The summed E-state index contributed by atoms with van der Waals surface area (Å²) in [7, 11) is -21.5. The van der Waals surface area contributed by atoms with E-state index in [9.17, 15) is 60.5 Å². The third-order valence-electron chi connectivity index (χ3n) is 6.93. The zero-order chi connectivity index (χ0) is 41.1. The fourth-order valence-electron chi connectivity index (χ4n) is 4.47. The highest BCUT2D eigenvalue weighted by Gasteiger charge is 2.25. The minimum atomic E-state index is -5.15. The van der Waals surface area contributed by atoms with Crippen LogP contribution in [-0.4, -0.2) is 95.2 Å². The number of anilines is 1. The molecule has 0 radical (unpaired) electrons. The maximum atomic E-state index is 12.5. The number of hydrogen-bond acceptors (Lipinski definition) is 20. The summed E-state index contributed by atoms with van der Waals surface area (Å²) in [5, 5.41) is 25.7. The Kier molecular flexibility index (Phi) is 13.2. The molecule has 28 heteroatoms. The second kappa shape index (κ2) is 16.6. The van der Waals surface area contributed by atoms with Crippen LogP contribution in [0.25, 0.3) is 10.8 Å². The van der Waals surface area contributed by atoms with Crippen LogP contribution in [0, 0.1) is 0 Å². The minimum Gasteiger partial charge on any atom is -0.768 e. The molecule has 4 aromatic carbocycles. The Morgan fingerprint density at radius 3 is 1.71 bits per heavy atom. The van der Waals surface area contributed by atoms with Gasteiger partial charge in [-0.2, -0.15) is 35.5 Å². The van der Waals surface area contributed by atoms with E-state index in [1.165, 1.54) is 0 Å².